The van der Waals surface area contributed by atoms with Crippen LogP contribution in [-0.4, -0.2) is 11.3 Å². The quantitative estimate of drug-likeness (QED) is 0.653. The van der Waals surface area contributed by atoms with Crippen LogP contribution in [0.15, 0.2) is 41.1 Å². The molecule has 64 valence electrons. The molecule has 0 aliphatic carbocycles. The van der Waals surface area contributed by atoms with Gasteiger partial charge in [0.1, 0.15) is 5.69 Å². The number of carbonyl (C=O) groups excluding carboxylic acids is 1. The third-order valence-electron chi connectivity index (χ3n) is 1.75. The van der Waals surface area contributed by atoms with Crippen molar-refractivity contribution < 1.29 is 9.21 Å². The van der Waals surface area contributed by atoms with Gasteiger partial charge >= 0.3 is 0 Å². The Bertz CT molecular complexity index is 406. The van der Waals surface area contributed by atoms with E-state index >= 15 is 0 Å². The fraction of sp³-hybridized carbons (Fsp3) is 0. The van der Waals surface area contributed by atoms with Gasteiger partial charge in [-0.3, -0.25) is 4.79 Å². The number of carbonyl (C=O) groups is 1. The van der Waals surface area contributed by atoms with Crippen LogP contribution in [0.4, 0.5) is 0 Å². The number of nitrogens with zero attached hydrogens (tertiary/aromatic N) is 1. The van der Waals surface area contributed by atoms with Crippen LogP contribution in [0.1, 0.15) is 10.6 Å². The Hall–Kier alpha value is -1.90. The summed E-state index contributed by atoms with van der Waals surface area (Å²) in [5.41, 5.74) is 1.48. The lowest BCUT2D eigenvalue weighted by molar-refractivity contribution is 0.110. The molecule has 1 aromatic carbocycles. The van der Waals surface area contributed by atoms with Crippen LogP contribution in [0.25, 0.3) is 11.3 Å². The van der Waals surface area contributed by atoms with E-state index in [1.807, 2.05) is 30.3 Å². The first-order valence-electron chi connectivity index (χ1n) is 3.86. The monoisotopic (exact) mass is 173 g/mol. The summed E-state index contributed by atoms with van der Waals surface area (Å²) in [4.78, 5) is 14.5. The Kier molecular flexibility index (Phi) is 1.92. The number of hydrogen-bond donors (Lipinski definition) is 0. The van der Waals surface area contributed by atoms with Crippen molar-refractivity contribution in [3.63, 3.8) is 0 Å². The van der Waals surface area contributed by atoms with Crippen molar-refractivity contribution in [2.24, 2.45) is 0 Å². The van der Waals surface area contributed by atoms with Crippen LogP contribution in [-0.2, 0) is 0 Å². The molecule has 0 fully saturated rings. The first-order valence-corrected chi connectivity index (χ1v) is 3.86. The lowest BCUT2D eigenvalue weighted by Gasteiger charge is -1.94. The zero-order chi connectivity index (χ0) is 9.10. The van der Waals surface area contributed by atoms with Gasteiger partial charge in [0.15, 0.2) is 18.4 Å². The molecule has 0 radical (unpaired) electrons. The van der Waals surface area contributed by atoms with E-state index in [4.69, 9.17) is 4.42 Å². The molecule has 0 atom stereocenters. The minimum absolute atomic E-state index is 0.270. The molecule has 3 heteroatoms. The second-order valence-electron chi connectivity index (χ2n) is 2.55. The van der Waals surface area contributed by atoms with E-state index in [2.05, 4.69) is 4.98 Å². The largest absolute Gasteiger partial charge is 0.440 e. The van der Waals surface area contributed by atoms with Crippen LogP contribution in [0.5, 0.6) is 0 Å². The Morgan fingerprint density at radius 2 is 2.00 bits per heavy atom. The van der Waals surface area contributed by atoms with E-state index in [9.17, 15) is 4.79 Å². The third-order valence-corrected chi connectivity index (χ3v) is 1.75. The topological polar surface area (TPSA) is 43.1 Å². The molecule has 2 aromatic rings. The molecule has 0 bridgehead atoms. The first-order chi connectivity index (χ1) is 6.42. The molecule has 1 heterocycles. The smallest absolute Gasteiger partial charge is 0.194 e. The van der Waals surface area contributed by atoms with Crippen molar-refractivity contribution >= 4 is 6.29 Å². The number of aldehydes is 1. The summed E-state index contributed by atoms with van der Waals surface area (Å²) in [7, 11) is 0. The van der Waals surface area contributed by atoms with E-state index < -0.39 is 0 Å². The lowest BCUT2D eigenvalue weighted by Crippen LogP contribution is -1.82. The summed E-state index contributed by atoms with van der Waals surface area (Å²) in [6.07, 6.45) is 1.93. The summed E-state index contributed by atoms with van der Waals surface area (Å²) in [5, 5.41) is 0. The summed E-state index contributed by atoms with van der Waals surface area (Å²) >= 11 is 0. The summed E-state index contributed by atoms with van der Waals surface area (Å²) in [6.45, 7) is 0. The molecule has 0 amide bonds. The molecule has 2 rings (SSSR count). The maximum absolute atomic E-state index is 10.5. The number of aromatic nitrogens is 1. The Morgan fingerprint density at radius 1 is 1.23 bits per heavy atom. The van der Waals surface area contributed by atoms with Gasteiger partial charge in [-0.1, -0.05) is 30.3 Å². The van der Waals surface area contributed by atoms with Crippen molar-refractivity contribution in [2.45, 2.75) is 0 Å². The highest BCUT2D eigenvalue weighted by Gasteiger charge is 2.07. The fourth-order valence-electron chi connectivity index (χ4n) is 1.15. The van der Waals surface area contributed by atoms with Crippen LogP contribution in [0, 0.1) is 0 Å². The molecule has 0 aliphatic rings. The highest BCUT2D eigenvalue weighted by atomic mass is 16.3. The van der Waals surface area contributed by atoms with Gasteiger partial charge in [-0.05, 0) is 0 Å². The Morgan fingerprint density at radius 3 is 2.69 bits per heavy atom. The van der Waals surface area contributed by atoms with Gasteiger partial charge in [0.05, 0.1) is 0 Å². The number of hydrogen-bond acceptors (Lipinski definition) is 3. The summed E-state index contributed by atoms with van der Waals surface area (Å²) in [6, 6.07) is 9.44. The van der Waals surface area contributed by atoms with Gasteiger partial charge in [0.25, 0.3) is 0 Å². The molecule has 0 saturated heterocycles. The van der Waals surface area contributed by atoms with Crippen molar-refractivity contribution in [3.05, 3.63) is 42.5 Å². The van der Waals surface area contributed by atoms with Crippen LogP contribution >= 0.6 is 0 Å². The van der Waals surface area contributed by atoms with Crippen molar-refractivity contribution in [1.29, 1.82) is 0 Å². The number of benzene rings is 1. The maximum atomic E-state index is 10.5. The van der Waals surface area contributed by atoms with E-state index in [0.717, 1.165) is 5.56 Å². The normalized spacial score (nSPS) is 9.85. The maximum Gasteiger partial charge on any atom is 0.194 e. The van der Waals surface area contributed by atoms with Gasteiger partial charge in [0, 0.05) is 5.56 Å². The van der Waals surface area contributed by atoms with E-state index in [1.165, 1.54) is 6.39 Å². The van der Waals surface area contributed by atoms with Crippen LogP contribution < -0.4 is 0 Å². The van der Waals surface area contributed by atoms with Gasteiger partial charge in [-0.2, -0.15) is 0 Å². The molecule has 13 heavy (non-hydrogen) atoms. The van der Waals surface area contributed by atoms with Crippen molar-refractivity contribution in [1.82, 2.24) is 4.98 Å². The molecule has 0 unspecified atom stereocenters. The highest BCUT2D eigenvalue weighted by Crippen LogP contribution is 2.19. The molecule has 0 aliphatic heterocycles. The molecule has 3 nitrogen and oxygen atoms in total. The van der Waals surface area contributed by atoms with E-state index in [0.29, 0.717) is 12.0 Å². The standard InChI is InChI=1S/C10H7NO2/c12-6-9-10(11-7-13-9)8-4-2-1-3-5-8/h1-7H. The SMILES string of the molecule is O=Cc1ocnc1-c1ccccc1. The summed E-state index contributed by atoms with van der Waals surface area (Å²) in [5.74, 6) is 0.270. The number of rotatable bonds is 2. The van der Waals surface area contributed by atoms with E-state index in [1.54, 1.807) is 0 Å². The number of oxazole rings is 1. The molecule has 0 spiro atoms. The Balaban J connectivity index is 2.52. The van der Waals surface area contributed by atoms with Gasteiger partial charge in [0.2, 0.25) is 0 Å². The minimum Gasteiger partial charge on any atom is -0.440 e. The molecular formula is C10H7NO2. The Labute approximate surface area is 75.0 Å². The zero-order valence-corrected chi connectivity index (χ0v) is 6.81. The van der Waals surface area contributed by atoms with Crippen LogP contribution in [0.2, 0.25) is 0 Å². The lowest BCUT2D eigenvalue weighted by atomic mass is 10.1. The summed E-state index contributed by atoms with van der Waals surface area (Å²) < 4.78 is 4.89. The van der Waals surface area contributed by atoms with Crippen molar-refractivity contribution in [3.8, 4) is 11.3 Å². The third kappa shape index (κ3) is 1.36. The van der Waals surface area contributed by atoms with Gasteiger partial charge in [-0.25, -0.2) is 4.98 Å². The molecule has 0 saturated carbocycles. The van der Waals surface area contributed by atoms with Crippen LogP contribution in [0.3, 0.4) is 0 Å². The van der Waals surface area contributed by atoms with Crippen molar-refractivity contribution in [2.75, 3.05) is 0 Å². The minimum atomic E-state index is 0.270. The predicted octanol–water partition coefficient (Wildman–Crippen LogP) is 2.15. The average Bonchev–Trinajstić information content (AvgIpc) is 2.67. The van der Waals surface area contributed by atoms with Gasteiger partial charge in [-0.15, -0.1) is 0 Å². The second kappa shape index (κ2) is 3.23. The average molecular weight is 173 g/mol. The predicted molar refractivity (Wildman–Crippen MR) is 47.3 cm³/mol. The van der Waals surface area contributed by atoms with E-state index in [-0.39, 0.29) is 5.76 Å². The molecule has 1 aromatic heterocycles. The zero-order valence-electron chi connectivity index (χ0n) is 6.81. The first kappa shape index (κ1) is 7.73. The molecule has 0 N–H and O–H groups in total. The van der Waals surface area contributed by atoms with Gasteiger partial charge < -0.3 is 4.42 Å². The fourth-order valence-corrected chi connectivity index (χ4v) is 1.15. The molecular weight excluding hydrogens is 166 g/mol. The highest BCUT2D eigenvalue weighted by molar-refractivity contribution is 5.81. The second-order valence-corrected chi connectivity index (χ2v) is 2.55.